The van der Waals surface area contributed by atoms with Crippen LogP contribution in [0.1, 0.15) is 37.5 Å². The van der Waals surface area contributed by atoms with E-state index in [0.29, 0.717) is 11.3 Å². The van der Waals surface area contributed by atoms with E-state index in [4.69, 9.17) is 0 Å². The van der Waals surface area contributed by atoms with Gasteiger partial charge in [-0.25, -0.2) is 4.79 Å². The molecule has 4 nitrogen and oxygen atoms in total. The second kappa shape index (κ2) is 7.05. The maximum atomic E-state index is 12.7. The first-order valence-corrected chi connectivity index (χ1v) is 8.85. The largest absolute Gasteiger partial charge is 0.323 e. The van der Waals surface area contributed by atoms with Crippen LogP contribution in [0.5, 0.6) is 0 Å². The summed E-state index contributed by atoms with van der Waals surface area (Å²) in [4.78, 5) is 12.7. The van der Waals surface area contributed by atoms with Gasteiger partial charge in [-0.3, -0.25) is 0 Å². The minimum Gasteiger partial charge on any atom is -0.307 e. The van der Waals surface area contributed by atoms with E-state index in [1.165, 1.54) is 0 Å². The van der Waals surface area contributed by atoms with Gasteiger partial charge < -0.3 is 10.6 Å². The highest BCUT2D eigenvalue weighted by atomic mass is 16.2. The molecule has 132 valence electrons. The molecule has 0 saturated carbocycles. The van der Waals surface area contributed by atoms with Crippen molar-refractivity contribution in [3.63, 3.8) is 0 Å². The van der Waals surface area contributed by atoms with E-state index in [-0.39, 0.29) is 11.4 Å². The Morgan fingerprint density at radius 3 is 2.54 bits per heavy atom. The standard InChI is InChI=1S/C22H23N3O/c1-4-15-9-6-8-12-19(15)24-21(26)25-20-17-11-7-5-10-16(17)13-22(2,3)18(20)14-23/h5-12H,4,13H2,1-3H3,(H2,24,25,26). The molecule has 0 spiro atoms. The van der Waals surface area contributed by atoms with Crippen molar-refractivity contribution in [2.24, 2.45) is 5.41 Å². The zero-order chi connectivity index (χ0) is 18.7. The van der Waals surface area contributed by atoms with Crippen molar-refractivity contribution in [3.8, 4) is 6.07 Å². The first kappa shape index (κ1) is 17.8. The van der Waals surface area contributed by atoms with Gasteiger partial charge in [-0.1, -0.05) is 63.2 Å². The maximum absolute atomic E-state index is 12.7. The van der Waals surface area contributed by atoms with Crippen LogP contribution < -0.4 is 10.6 Å². The number of nitrogens with one attached hydrogen (secondary N) is 2. The van der Waals surface area contributed by atoms with Gasteiger partial charge in [0, 0.05) is 16.7 Å². The SMILES string of the molecule is CCc1ccccc1NC(=O)NC1=C(C#N)C(C)(C)Cc2ccccc21. The van der Waals surface area contributed by atoms with Crippen molar-refractivity contribution >= 4 is 17.4 Å². The van der Waals surface area contributed by atoms with E-state index < -0.39 is 0 Å². The quantitative estimate of drug-likeness (QED) is 0.832. The molecule has 2 N–H and O–H groups in total. The molecule has 0 fully saturated rings. The maximum Gasteiger partial charge on any atom is 0.323 e. The first-order valence-electron chi connectivity index (χ1n) is 8.85. The Morgan fingerprint density at radius 1 is 1.12 bits per heavy atom. The molecule has 1 aliphatic rings. The van der Waals surface area contributed by atoms with Gasteiger partial charge in [0.2, 0.25) is 0 Å². The van der Waals surface area contributed by atoms with Crippen LogP contribution in [0.3, 0.4) is 0 Å². The zero-order valence-electron chi connectivity index (χ0n) is 15.4. The van der Waals surface area contributed by atoms with Crippen molar-refractivity contribution in [1.29, 1.82) is 5.26 Å². The van der Waals surface area contributed by atoms with E-state index in [2.05, 4.69) is 29.7 Å². The minimum absolute atomic E-state index is 0.326. The lowest BCUT2D eigenvalue weighted by Crippen LogP contribution is -2.34. The summed E-state index contributed by atoms with van der Waals surface area (Å²) in [6.07, 6.45) is 1.61. The van der Waals surface area contributed by atoms with Crippen molar-refractivity contribution in [2.75, 3.05) is 5.32 Å². The normalized spacial score (nSPS) is 15.0. The lowest BCUT2D eigenvalue weighted by Gasteiger charge is -2.33. The molecule has 4 heteroatoms. The molecule has 0 heterocycles. The molecule has 3 rings (SSSR count). The molecule has 0 radical (unpaired) electrons. The molecule has 26 heavy (non-hydrogen) atoms. The van der Waals surface area contributed by atoms with Crippen molar-refractivity contribution in [3.05, 3.63) is 70.8 Å². The van der Waals surface area contributed by atoms with E-state index in [1.807, 2.05) is 56.3 Å². The van der Waals surface area contributed by atoms with Crippen LogP contribution in [0.4, 0.5) is 10.5 Å². The molecule has 2 aromatic rings. The summed E-state index contributed by atoms with van der Waals surface area (Å²) in [5.74, 6) is 0. The number of rotatable bonds is 3. The summed E-state index contributed by atoms with van der Waals surface area (Å²) in [6, 6.07) is 17.6. The van der Waals surface area contributed by atoms with Crippen LogP contribution in [-0.4, -0.2) is 6.03 Å². The van der Waals surface area contributed by atoms with E-state index in [0.717, 1.165) is 35.2 Å². The first-order chi connectivity index (χ1) is 12.5. The van der Waals surface area contributed by atoms with Gasteiger partial charge in [0.25, 0.3) is 0 Å². The number of urea groups is 1. The molecule has 0 bridgehead atoms. The summed E-state index contributed by atoms with van der Waals surface area (Å²) < 4.78 is 0. The smallest absolute Gasteiger partial charge is 0.307 e. The Labute approximate surface area is 154 Å². The Kier molecular flexibility index (Phi) is 4.81. The second-order valence-electron chi connectivity index (χ2n) is 7.17. The van der Waals surface area contributed by atoms with Gasteiger partial charge in [0.1, 0.15) is 0 Å². The van der Waals surface area contributed by atoms with Gasteiger partial charge in [-0.05, 0) is 30.0 Å². The van der Waals surface area contributed by atoms with Gasteiger partial charge in [-0.2, -0.15) is 5.26 Å². The number of benzene rings is 2. The number of amides is 2. The number of allylic oxidation sites excluding steroid dienone is 1. The summed E-state index contributed by atoms with van der Waals surface area (Å²) >= 11 is 0. The third kappa shape index (κ3) is 3.34. The number of nitriles is 1. The summed E-state index contributed by atoms with van der Waals surface area (Å²) in [5, 5.41) is 15.6. The number of fused-ring (bicyclic) bond motifs is 1. The van der Waals surface area contributed by atoms with Crippen molar-refractivity contribution in [1.82, 2.24) is 5.32 Å². The summed E-state index contributed by atoms with van der Waals surface area (Å²) in [5.41, 5.74) is 4.80. The van der Waals surface area contributed by atoms with Crippen LogP contribution in [0, 0.1) is 16.7 Å². The lowest BCUT2D eigenvalue weighted by atomic mass is 9.72. The van der Waals surface area contributed by atoms with Crippen LogP contribution >= 0.6 is 0 Å². The average molecular weight is 345 g/mol. The minimum atomic E-state index is -0.332. The van der Waals surface area contributed by atoms with Gasteiger partial charge in [-0.15, -0.1) is 0 Å². The molecule has 0 unspecified atom stereocenters. The van der Waals surface area contributed by atoms with Crippen LogP contribution in [-0.2, 0) is 12.8 Å². The fraction of sp³-hybridized carbons (Fsp3) is 0.273. The molecule has 0 aromatic heterocycles. The fourth-order valence-electron chi connectivity index (χ4n) is 3.51. The van der Waals surface area contributed by atoms with E-state index >= 15 is 0 Å². The molecule has 2 amide bonds. The van der Waals surface area contributed by atoms with Gasteiger partial charge >= 0.3 is 6.03 Å². The molecule has 1 aliphatic carbocycles. The topological polar surface area (TPSA) is 64.9 Å². The highest BCUT2D eigenvalue weighted by Crippen LogP contribution is 2.41. The summed E-state index contributed by atoms with van der Waals surface area (Å²) in [7, 11) is 0. The second-order valence-corrected chi connectivity index (χ2v) is 7.17. The Balaban J connectivity index is 1.94. The average Bonchev–Trinajstić information content (AvgIpc) is 2.61. The number of nitrogens with zero attached hydrogens (tertiary/aromatic N) is 1. The highest BCUT2D eigenvalue weighted by Gasteiger charge is 2.34. The van der Waals surface area contributed by atoms with Gasteiger partial charge in [0.05, 0.1) is 17.3 Å². The Bertz CT molecular complexity index is 919. The third-order valence-corrected chi connectivity index (χ3v) is 4.84. The number of hydrogen-bond donors (Lipinski definition) is 2. The molecule has 0 saturated heterocycles. The number of hydrogen-bond acceptors (Lipinski definition) is 2. The van der Waals surface area contributed by atoms with Crippen LogP contribution in [0.15, 0.2) is 54.1 Å². The summed E-state index contributed by atoms with van der Waals surface area (Å²) in [6.45, 7) is 6.12. The highest BCUT2D eigenvalue weighted by molar-refractivity contribution is 5.97. The van der Waals surface area contributed by atoms with Gasteiger partial charge in [0.15, 0.2) is 0 Å². The molecular weight excluding hydrogens is 322 g/mol. The van der Waals surface area contributed by atoms with Crippen molar-refractivity contribution < 1.29 is 4.79 Å². The molecule has 0 atom stereocenters. The number of carbonyl (C=O) groups excluding carboxylic acids is 1. The predicted molar refractivity (Wildman–Crippen MR) is 104 cm³/mol. The third-order valence-electron chi connectivity index (χ3n) is 4.84. The van der Waals surface area contributed by atoms with Crippen molar-refractivity contribution in [2.45, 2.75) is 33.6 Å². The number of carbonyl (C=O) groups is 1. The molecular formula is C22H23N3O. The number of anilines is 1. The van der Waals surface area contributed by atoms with E-state index in [9.17, 15) is 10.1 Å². The predicted octanol–water partition coefficient (Wildman–Crippen LogP) is 4.89. The fourth-order valence-corrected chi connectivity index (χ4v) is 3.51. The molecule has 0 aliphatic heterocycles. The van der Waals surface area contributed by atoms with E-state index in [1.54, 1.807) is 0 Å². The number of aryl methyl sites for hydroxylation is 1. The lowest BCUT2D eigenvalue weighted by molar-refractivity contribution is 0.255. The van der Waals surface area contributed by atoms with Crippen LogP contribution in [0.25, 0.3) is 5.70 Å². The number of para-hydroxylation sites is 1. The zero-order valence-corrected chi connectivity index (χ0v) is 15.4. The Morgan fingerprint density at radius 2 is 1.81 bits per heavy atom. The molecule has 2 aromatic carbocycles. The Hall–Kier alpha value is -3.06. The monoisotopic (exact) mass is 345 g/mol. The van der Waals surface area contributed by atoms with Crippen LogP contribution in [0.2, 0.25) is 0 Å².